The fourth-order valence-corrected chi connectivity index (χ4v) is 4.45. The van der Waals surface area contributed by atoms with Crippen molar-refractivity contribution in [3.05, 3.63) is 41.9 Å². The maximum atomic E-state index is 13.2. The minimum Gasteiger partial charge on any atom is -0.371 e. The third-order valence-corrected chi connectivity index (χ3v) is 6.03. The minimum absolute atomic E-state index is 0.00809. The van der Waals surface area contributed by atoms with Crippen LogP contribution in [0.25, 0.3) is 0 Å². The predicted octanol–water partition coefficient (Wildman–Crippen LogP) is 1.90. The van der Waals surface area contributed by atoms with Crippen LogP contribution in [0.5, 0.6) is 0 Å². The number of nitrogens with zero attached hydrogens (tertiary/aromatic N) is 2. The first-order valence-corrected chi connectivity index (χ1v) is 9.20. The summed E-state index contributed by atoms with van der Waals surface area (Å²) in [6.45, 7) is 3.96. The van der Waals surface area contributed by atoms with Gasteiger partial charge in [0.15, 0.2) is 16.5 Å². The van der Waals surface area contributed by atoms with Gasteiger partial charge in [0.05, 0.1) is 10.4 Å². The number of allylic oxidation sites excluding steroid dienone is 1. The molecule has 2 heterocycles. The van der Waals surface area contributed by atoms with E-state index in [9.17, 15) is 12.8 Å². The topological polar surface area (TPSA) is 102 Å². The van der Waals surface area contributed by atoms with Gasteiger partial charge in [0.2, 0.25) is 9.84 Å². The molecule has 0 saturated carbocycles. The molecule has 2 aromatic rings. The zero-order valence-corrected chi connectivity index (χ0v) is 15.0. The van der Waals surface area contributed by atoms with E-state index >= 15 is 0 Å². The van der Waals surface area contributed by atoms with Gasteiger partial charge >= 0.3 is 0 Å². The van der Waals surface area contributed by atoms with Crippen molar-refractivity contribution in [3.8, 4) is 0 Å². The Morgan fingerprint density at radius 2 is 2.00 bits per heavy atom. The highest BCUT2D eigenvalue weighted by Gasteiger charge is 2.38. The molecule has 0 amide bonds. The maximum Gasteiger partial charge on any atom is 0.213 e. The number of sulfone groups is 1. The summed E-state index contributed by atoms with van der Waals surface area (Å²) in [6, 6.07) is 4.71. The number of nitrogens with two attached hydrogens (primary N) is 1. The van der Waals surface area contributed by atoms with Crippen LogP contribution >= 0.6 is 0 Å². The number of nitrogens with one attached hydrogen (secondary N) is 2. The normalized spacial score (nSPS) is 19.8. The number of benzene rings is 1. The molecule has 1 unspecified atom stereocenters. The van der Waals surface area contributed by atoms with E-state index in [2.05, 4.69) is 15.7 Å². The highest BCUT2D eigenvalue weighted by atomic mass is 32.2. The SMILES string of the molecule is CNc1nn2c(c1S(=O)(=O)c1ccc(F)cc1)NC(C)=CC2(C)CN. The Hall–Kier alpha value is -2.39. The van der Waals surface area contributed by atoms with E-state index < -0.39 is 21.2 Å². The Balaban J connectivity index is 2.27. The van der Waals surface area contributed by atoms with Crippen molar-refractivity contribution in [2.45, 2.75) is 29.2 Å². The van der Waals surface area contributed by atoms with Gasteiger partial charge in [-0.1, -0.05) is 0 Å². The average Bonchev–Trinajstić information content (AvgIpc) is 2.95. The smallest absolute Gasteiger partial charge is 0.213 e. The maximum absolute atomic E-state index is 13.2. The molecule has 7 nitrogen and oxygen atoms in total. The number of aromatic nitrogens is 2. The van der Waals surface area contributed by atoms with Gasteiger partial charge in [-0.2, -0.15) is 5.10 Å². The summed E-state index contributed by atoms with van der Waals surface area (Å²) >= 11 is 0. The molecule has 25 heavy (non-hydrogen) atoms. The largest absolute Gasteiger partial charge is 0.371 e. The van der Waals surface area contributed by atoms with Crippen LogP contribution in [0.2, 0.25) is 0 Å². The van der Waals surface area contributed by atoms with Gasteiger partial charge in [-0.3, -0.25) is 0 Å². The molecule has 1 aliphatic heterocycles. The lowest BCUT2D eigenvalue weighted by atomic mass is 10.00. The second-order valence-electron chi connectivity index (χ2n) is 6.16. The molecule has 9 heteroatoms. The Morgan fingerprint density at radius 1 is 1.36 bits per heavy atom. The molecule has 0 bridgehead atoms. The molecule has 1 aromatic carbocycles. The Bertz CT molecular complexity index is 950. The molecule has 1 aromatic heterocycles. The molecule has 1 aliphatic rings. The van der Waals surface area contributed by atoms with E-state index in [1.165, 1.54) is 12.1 Å². The van der Waals surface area contributed by atoms with Crippen LogP contribution < -0.4 is 16.4 Å². The molecule has 0 fully saturated rings. The van der Waals surface area contributed by atoms with E-state index in [1.807, 2.05) is 19.9 Å². The fourth-order valence-electron chi connectivity index (χ4n) is 2.93. The van der Waals surface area contributed by atoms with E-state index in [-0.39, 0.29) is 22.2 Å². The van der Waals surface area contributed by atoms with Crippen molar-refractivity contribution in [1.29, 1.82) is 0 Å². The highest BCUT2D eigenvalue weighted by Crippen LogP contribution is 2.40. The van der Waals surface area contributed by atoms with Gasteiger partial charge in [-0.25, -0.2) is 17.5 Å². The van der Waals surface area contributed by atoms with Crippen LogP contribution in [0.3, 0.4) is 0 Å². The molecule has 0 saturated heterocycles. The van der Waals surface area contributed by atoms with Crippen molar-refractivity contribution in [1.82, 2.24) is 9.78 Å². The molecular formula is C16H20FN5O2S. The lowest BCUT2D eigenvalue weighted by molar-refractivity contribution is 0.376. The van der Waals surface area contributed by atoms with Gasteiger partial charge in [0, 0.05) is 19.3 Å². The zero-order chi connectivity index (χ0) is 18.4. The summed E-state index contributed by atoms with van der Waals surface area (Å²) in [5.74, 6) is 0.0358. The van der Waals surface area contributed by atoms with Gasteiger partial charge in [-0.15, -0.1) is 0 Å². The van der Waals surface area contributed by atoms with E-state index in [1.54, 1.807) is 11.7 Å². The molecule has 4 N–H and O–H groups in total. The molecule has 0 spiro atoms. The molecule has 1 atom stereocenters. The number of halogens is 1. The Kier molecular flexibility index (Phi) is 4.08. The van der Waals surface area contributed by atoms with Crippen LogP contribution in [0, 0.1) is 5.82 Å². The first kappa shape index (κ1) is 17.4. The number of hydrogen-bond donors (Lipinski definition) is 3. The van der Waals surface area contributed by atoms with Crippen LogP contribution in [0.15, 0.2) is 45.8 Å². The quantitative estimate of drug-likeness (QED) is 0.715. The van der Waals surface area contributed by atoms with E-state index in [4.69, 9.17) is 5.73 Å². The zero-order valence-electron chi connectivity index (χ0n) is 14.2. The summed E-state index contributed by atoms with van der Waals surface area (Å²) in [6.07, 6.45) is 1.90. The van der Waals surface area contributed by atoms with Gasteiger partial charge in [0.25, 0.3) is 0 Å². The fraction of sp³-hybridized carbons (Fsp3) is 0.312. The van der Waals surface area contributed by atoms with Gasteiger partial charge in [0.1, 0.15) is 5.82 Å². The third kappa shape index (κ3) is 2.69. The van der Waals surface area contributed by atoms with Crippen molar-refractivity contribution in [3.63, 3.8) is 0 Å². The van der Waals surface area contributed by atoms with E-state index in [0.717, 1.165) is 17.8 Å². The molecule has 0 aliphatic carbocycles. The Labute approximate surface area is 145 Å². The average molecular weight is 365 g/mol. The number of hydrogen-bond acceptors (Lipinski definition) is 6. The highest BCUT2D eigenvalue weighted by molar-refractivity contribution is 7.91. The van der Waals surface area contributed by atoms with Crippen molar-refractivity contribution in [2.24, 2.45) is 5.73 Å². The van der Waals surface area contributed by atoms with Gasteiger partial charge < -0.3 is 16.4 Å². The number of anilines is 2. The molecule has 134 valence electrons. The van der Waals surface area contributed by atoms with E-state index in [0.29, 0.717) is 5.82 Å². The standard InChI is InChI=1S/C16H20FN5O2S/c1-10-8-16(2,9-18)22-15(20-10)13(14(19-3)21-22)25(23,24)12-6-4-11(17)5-7-12/h4-8,20H,9,18H2,1-3H3,(H,19,21). The Morgan fingerprint density at radius 3 is 2.56 bits per heavy atom. The summed E-state index contributed by atoms with van der Waals surface area (Å²) in [5.41, 5.74) is 6.02. The number of fused-ring (bicyclic) bond motifs is 1. The number of rotatable bonds is 4. The molecular weight excluding hydrogens is 345 g/mol. The molecule has 3 rings (SSSR count). The second-order valence-corrected chi connectivity index (χ2v) is 8.05. The predicted molar refractivity (Wildman–Crippen MR) is 93.7 cm³/mol. The van der Waals surface area contributed by atoms with Gasteiger partial charge in [-0.05, 0) is 44.2 Å². The van der Waals surface area contributed by atoms with Crippen molar-refractivity contribution >= 4 is 21.5 Å². The lowest BCUT2D eigenvalue weighted by Crippen LogP contribution is -2.41. The van der Waals surface area contributed by atoms with Crippen molar-refractivity contribution < 1.29 is 12.8 Å². The minimum atomic E-state index is -3.92. The second kappa shape index (κ2) is 5.85. The van der Waals surface area contributed by atoms with Crippen LogP contribution in [-0.4, -0.2) is 31.8 Å². The summed E-state index contributed by atoms with van der Waals surface area (Å²) in [5, 5.41) is 10.3. The molecule has 0 radical (unpaired) electrons. The van der Waals surface area contributed by atoms with Crippen LogP contribution in [-0.2, 0) is 15.4 Å². The van der Waals surface area contributed by atoms with Crippen LogP contribution in [0.4, 0.5) is 16.0 Å². The van der Waals surface area contributed by atoms with Crippen molar-refractivity contribution in [2.75, 3.05) is 24.2 Å². The summed E-state index contributed by atoms with van der Waals surface area (Å²) < 4.78 is 41.1. The van der Waals surface area contributed by atoms with Crippen LogP contribution in [0.1, 0.15) is 13.8 Å². The summed E-state index contributed by atoms with van der Waals surface area (Å²) in [7, 11) is -2.33. The summed E-state index contributed by atoms with van der Waals surface area (Å²) in [4.78, 5) is -0.00149. The monoisotopic (exact) mass is 365 g/mol. The lowest BCUT2D eigenvalue weighted by Gasteiger charge is -2.32. The third-order valence-electron chi connectivity index (χ3n) is 4.21. The first-order chi connectivity index (χ1) is 11.7. The first-order valence-electron chi connectivity index (χ1n) is 7.71.